The van der Waals surface area contributed by atoms with Gasteiger partial charge in [0.25, 0.3) is 5.91 Å². The second-order valence-electron chi connectivity index (χ2n) is 2.88. The SMILES string of the molecule is NNC(=O)c1coc(-c2ccccc2)n1. The average molecular weight is 203 g/mol. The van der Waals surface area contributed by atoms with E-state index in [1.54, 1.807) is 0 Å². The number of hydrazine groups is 1. The van der Waals surface area contributed by atoms with Crippen molar-refractivity contribution in [1.82, 2.24) is 10.4 Å². The Morgan fingerprint density at radius 1 is 1.33 bits per heavy atom. The quantitative estimate of drug-likeness (QED) is 0.432. The molecule has 5 heteroatoms. The van der Waals surface area contributed by atoms with Crippen LogP contribution in [0.3, 0.4) is 0 Å². The molecule has 0 spiro atoms. The highest BCUT2D eigenvalue weighted by molar-refractivity contribution is 5.91. The summed E-state index contributed by atoms with van der Waals surface area (Å²) in [6.45, 7) is 0. The minimum Gasteiger partial charge on any atom is -0.444 e. The topological polar surface area (TPSA) is 81.1 Å². The van der Waals surface area contributed by atoms with Crippen LogP contribution in [-0.4, -0.2) is 10.9 Å². The molecule has 1 aromatic carbocycles. The van der Waals surface area contributed by atoms with Crippen molar-refractivity contribution in [1.29, 1.82) is 0 Å². The third kappa shape index (κ3) is 1.87. The van der Waals surface area contributed by atoms with Gasteiger partial charge in [-0.3, -0.25) is 10.2 Å². The van der Waals surface area contributed by atoms with E-state index in [0.29, 0.717) is 5.89 Å². The van der Waals surface area contributed by atoms with Gasteiger partial charge in [-0.2, -0.15) is 0 Å². The minimum absolute atomic E-state index is 0.163. The van der Waals surface area contributed by atoms with Gasteiger partial charge in [-0.1, -0.05) is 18.2 Å². The fourth-order valence-electron chi connectivity index (χ4n) is 1.17. The molecule has 76 valence electrons. The van der Waals surface area contributed by atoms with Crippen LogP contribution in [0.5, 0.6) is 0 Å². The highest BCUT2D eigenvalue weighted by atomic mass is 16.3. The van der Waals surface area contributed by atoms with Gasteiger partial charge in [0.05, 0.1) is 0 Å². The van der Waals surface area contributed by atoms with E-state index in [9.17, 15) is 4.79 Å². The second-order valence-corrected chi connectivity index (χ2v) is 2.88. The average Bonchev–Trinajstić information content (AvgIpc) is 2.78. The zero-order valence-corrected chi connectivity index (χ0v) is 7.81. The third-order valence-corrected chi connectivity index (χ3v) is 1.89. The van der Waals surface area contributed by atoms with Gasteiger partial charge in [0.15, 0.2) is 5.69 Å². The van der Waals surface area contributed by atoms with E-state index in [2.05, 4.69) is 4.98 Å². The van der Waals surface area contributed by atoms with Crippen LogP contribution < -0.4 is 11.3 Å². The third-order valence-electron chi connectivity index (χ3n) is 1.89. The highest BCUT2D eigenvalue weighted by Crippen LogP contribution is 2.17. The maximum absolute atomic E-state index is 11.1. The van der Waals surface area contributed by atoms with Gasteiger partial charge in [-0.15, -0.1) is 0 Å². The van der Waals surface area contributed by atoms with Crippen molar-refractivity contribution in [3.8, 4) is 11.5 Å². The van der Waals surface area contributed by atoms with E-state index < -0.39 is 5.91 Å². The molecular formula is C10H9N3O2. The highest BCUT2D eigenvalue weighted by Gasteiger charge is 2.11. The van der Waals surface area contributed by atoms with Gasteiger partial charge in [-0.25, -0.2) is 10.8 Å². The van der Waals surface area contributed by atoms with Crippen LogP contribution in [0.25, 0.3) is 11.5 Å². The molecule has 0 fully saturated rings. The molecule has 2 aromatic rings. The van der Waals surface area contributed by atoms with Crippen molar-refractivity contribution < 1.29 is 9.21 Å². The monoisotopic (exact) mass is 203 g/mol. The summed E-state index contributed by atoms with van der Waals surface area (Å²) >= 11 is 0. The minimum atomic E-state index is -0.471. The van der Waals surface area contributed by atoms with Crippen molar-refractivity contribution in [2.45, 2.75) is 0 Å². The first-order chi connectivity index (χ1) is 7.31. The molecule has 0 aliphatic carbocycles. The van der Waals surface area contributed by atoms with Crippen molar-refractivity contribution in [3.05, 3.63) is 42.3 Å². The van der Waals surface area contributed by atoms with Gasteiger partial charge in [0, 0.05) is 5.56 Å². The Kier molecular flexibility index (Phi) is 2.47. The Hall–Kier alpha value is -2.14. The number of benzene rings is 1. The molecule has 15 heavy (non-hydrogen) atoms. The Morgan fingerprint density at radius 3 is 2.73 bits per heavy atom. The number of rotatable bonds is 2. The number of amides is 1. The van der Waals surface area contributed by atoms with Crippen LogP contribution in [0, 0.1) is 0 Å². The number of hydrogen-bond acceptors (Lipinski definition) is 4. The van der Waals surface area contributed by atoms with E-state index in [1.165, 1.54) is 6.26 Å². The van der Waals surface area contributed by atoms with Crippen LogP contribution in [0.15, 0.2) is 41.0 Å². The number of nitrogens with two attached hydrogens (primary N) is 1. The zero-order chi connectivity index (χ0) is 10.7. The molecule has 0 saturated heterocycles. The summed E-state index contributed by atoms with van der Waals surface area (Å²) in [7, 11) is 0. The van der Waals surface area contributed by atoms with Crippen molar-refractivity contribution in [2.24, 2.45) is 5.84 Å². The number of nitrogens with one attached hydrogen (secondary N) is 1. The normalized spacial score (nSPS) is 9.93. The van der Waals surface area contributed by atoms with Gasteiger partial charge >= 0.3 is 0 Å². The number of carbonyl (C=O) groups is 1. The molecule has 5 nitrogen and oxygen atoms in total. The van der Waals surface area contributed by atoms with E-state index in [-0.39, 0.29) is 5.69 Å². The smallest absolute Gasteiger partial charge is 0.287 e. The van der Waals surface area contributed by atoms with Gasteiger partial charge in [-0.05, 0) is 12.1 Å². The summed E-state index contributed by atoms with van der Waals surface area (Å²) < 4.78 is 5.15. The summed E-state index contributed by atoms with van der Waals surface area (Å²) in [4.78, 5) is 15.1. The summed E-state index contributed by atoms with van der Waals surface area (Å²) in [6, 6.07) is 9.30. The van der Waals surface area contributed by atoms with E-state index in [1.807, 2.05) is 35.8 Å². The Balaban J connectivity index is 2.32. The second kappa shape index (κ2) is 3.93. The number of hydrogen-bond donors (Lipinski definition) is 2. The van der Waals surface area contributed by atoms with Crippen LogP contribution in [0.1, 0.15) is 10.5 Å². The number of nitrogens with zero attached hydrogens (tertiary/aromatic N) is 1. The molecule has 0 atom stereocenters. The maximum atomic E-state index is 11.1. The largest absolute Gasteiger partial charge is 0.444 e. The lowest BCUT2D eigenvalue weighted by Crippen LogP contribution is -2.30. The fraction of sp³-hybridized carbons (Fsp3) is 0. The lowest BCUT2D eigenvalue weighted by atomic mass is 10.2. The number of oxazole rings is 1. The zero-order valence-electron chi connectivity index (χ0n) is 7.81. The Bertz CT molecular complexity index is 465. The van der Waals surface area contributed by atoms with E-state index in [4.69, 9.17) is 10.3 Å². The summed E-state index contributed by atoms with van der Waals surface area (Å²) in [5.74, 6) is 4.90. The Morgan fingerprint density at radius 2 is 2.07 bits per heavy atom. The van der Waals surface area contributed by atoms with Crippen molar-refractivity contribution in [3.63, 3.8) is 0 Å². The predicted octanol–water partition coefficient (Wildman–Crippen LogP) is 0.945. The summed E-state index contributed by atoms with van der Waals surface area (Å²) in [5, 5.41) is 0. The number of aromatic nitrogens is 1. The summed E-state index contributed by atoms with van der Waals surface area (Å²) in [5.41, 5.74) is 2.96. The first-order valence-corrected chi connectivity index (χ1v) is 4.33. The van der Waals surface area contributed by atoms with E-state index in [0.717, 1.165) is 5.56 Å². The van der Waals surface area contributed by atoms with Gasteiger partial charge in [0.2, 0.25) is 5.89 Å². The molecule has 2 rings (SSSR count). The van der Waals surface area contributed by atoms with Crippen LogP contribution in [0.4, 0.5) is 0 Å². The first kappa shape index (κ1) is 9.42. The maximum Gasteiger partial charge on any atom is 0.287 e. The van der Waals surface area contributed by atoms with Crippen molar-refractivity contribution in [2.75, 3.05) is 0 Å². The van der Waals surface area contributed by atoms with Crippen LogP contribution in [0.2, 0.25) is 0 Å². The molecule has 1 aromatic heterocycles. The Labute approximate surface area is 85.9 Å². The van der Waals surface area contributed by atoms with Gasteiger partial charge < -0.3 is 4.42 Å². The fourth-order valence-corrected chi connectivity index (χ4v) is 1.17. The molecule has 0 saturated carbocycles. The molecule has 3 N–H and O–H groups in total. The molecular weight excluding hydrogens is 194 g/mol. The van der Waals surface area contributed by atoms with Crippen LogP contribution in [-0.2, 0) is 0 Å². The molecule has 0 aliphatic rings. The lowest BCUT2D eigenvalue weighted by molar-refractivity contribution is 0.0948. The van der Waals surface area contributed by atoms with Gasteiger partial charge in [0.1, 0.15) is 6.26 Å². The predicted molar refractivity (Wildman–Crippen MR) is 53.6 cm³/mol. The molecule has 0 aliphatic heterocycles. The summed E-state index contributed by atoms with van der Waals surface area (Å²) in [6.07, 6.45) is 1.27. The van der Waals surface area contributed by atoms with E-state index >= 15 is 0 Å². The number of carbonyl (C=O) groups excluding carboxylic acids is 1. The number of nitrogen functional groups attached to an aromatic ring is 1. The first-order valence-electron chi connectivity index (χ1n) is 4.33. The molecule has 1 heterocycles. The van der Waals surface area contributed by atoms with Crippen molar-refractivity contribution >= 4 is 5.91 Å². The molecule has 1 amide bonds. The molecule has 0 bridgehead atoms. The van der Waals surface area contributed by atoms with Crippen LogP contribution >= 0.6 is 0 Å². The molecule has 0 unspecified atom stereocenters. The molecule has 0 radical (unpaired) electrons. The lowest BCUT2D eigenvalue weighted by Gasteiger charge is -1.92. The standard InChI is InChI=1S/C10H9N3O2/c11-13-9(14)8-6-15-10(12-8)7-4-2-1-3-5-7/h1-6H,11H2,(H,13,14).